The van der Waals surface area contributed by atoms with Gasteiger partial charge in [-0.1, -0.05) is 19.3 Å². The van der Waals surface area contributed by atoms with Crippen LogP contribution < -0.4 is 0 Å². The third-order valence-electron chi connectivity index (χ3n) is 3.72. The van der Waals surface area contributed by atoms with Crippen molar-refractivity contribution in [2.45, 2.75) is 51.4 Å². The van der Waals surface area contributed by atoms with Crippen LogP contribution in [-0.2, 0) is 14.2 Å². The molecule has 0 bridgehead atoms. The van der Waals surface area contributed by atoms with Crippen LogP contribution in [0.4, 0.5) is 0 Å². The Morgan fingerprint density at radius 3 is 2.55 bits per heavy atom. The van der Waals surface area contributed by atoms with E-state index in [4.69, 9.17) is 14.2 Å². The van der Waals surface area contributed by atoms with Crippen LogP contribution in [0.1, 0.15) is 49.4 Å². The Kier molecular flexibility index (Phi) is 6.68. The number of carbonyl (C=O) groups is 1. The quantitative estimate of drug-likeness (QED) is 0.476. The molecule has 1 fully saturated rings. The van der Waals surface area contributed by atoms with Crippen molar-refractivity contribution >= 4 is 5.97 Å². The molecule has 0 amide bonds. The zero-order valence-corrected chi connectivity index (χ0v) is 13.0. The van der Waals surface area contributed by atoms with Crippen LogP contribution in [0.2, 0.25) is 0 Å². The highest BCUT2D eigenvalue weighted by Crippen LogP contribution is 2.20. The van der Waals surface area contributed by atoms with Crippen molar-refractivity contribution in [2.75, 3.05) is 13.2 Å². The molecule has 1 N–H and O–H groups in total. The number of hydrogen-bond acceptors (Lipinski definition) is 5. The van der Waals surface area contributed by atoms with Gasteiger partial charge in [-0.25, -0.2) is 4.79 Å². The summed E-state index contributed by atoms with van der Waals surface area (Å²) in [5.74, 6) is -0.360. The summed E-state index contributed by atoms with van der Waals surface area (Å²) in [6.45, 7) is 2.60. The Bertz CT molecular complexity index is 451. The molecule has 1 aliphatic carbocycles. The first-order chi connectivity index (χ1) is 10.6. The van der Waals surface area contributed by atoms with Crippen LogP contribution in [0.25, 0.3) is 0 Å². The minimum atomic E-state index is -0.628. The van der Waals surface area contributed by atoms with Crippen molar-refractivity contribution in [3.05, 3.63) is 29.8 Å². The maximum atomic E-state index is 11.8. The molecular formula is C17H24O5. The Balaban J connectivity index is 1.61. The molecule has 1 saturated carbocycles. The zero-order valence-electron chi connectivity index (χ0n) is 13.0. The van der Waals surface area contributed by atoms with Crippen molar-refractivity contribution in [3.63, 3.8) is 0 Å². The SMILES string of the molecule is CC(OCCOC1CCCCC1)OC(=O)c1ccc(O)cc1. The Hall–Kier alpha value is -1.59. The number of aromatic hydroxyl groups is 1. The lowest BCUT2D eigenvalue weighted by Gasteiger charge is -2.22. The zero-order chi connectivity index (χ0) is 15.8. The molecule has 5 heteroatoms. The first kappa shape index (κ1) is 16.8. The van der Waals surface area contributed by atoms with Crippen LogP contribution >= 0.6 is 0 Å². The van der Waals surface area contributed by atoms with Crippen LogP contribution in [0.5, 0.6) is 5.75 Å². The molecule has 1 atom stereocenters. The highest BCUT2D eigenvalue weighted by molar-refractivity contribution is 5.89. The van der Waals surface area contributed by atoms with E-state index in [2.05, 4.69) is 0 Å². The smallest absolute Gasteiger partial charge is 0.340 e. The average Bonchev–Trinajstić information content (AvgIpc) is 2.53. The molecule has 2 rings (SSSR count). The van der Waals surface area contributed by atoms with Gasteiger partial charge in [-0.3, -0.25) is 0 Å². The molecular weight excluding hydrogens is 284 g/mol. The third-order valence-corrected chi connectivity index (χ3v) is 3.72. The van der Waals surface area contributed by atoms with E-state index in [1.807, 2.05) is 0 Å². The van der Waals surface area contributed by atoms with Gasteiger partial charge in [0.25, 0.3) is 0 Å². The van der Waals surface area contributed by atoms with E-state index in [0.29, 0.717) is 24.9 Å². The Labute approximate surface area is 131 Å². The van der Waals surface area contributed by atoms with Crippen molar-refractivity contribution in [3.8, 4) is 5.75 Å². The molecule has 0 heterocycles. The van der Waals surface area contributed by atoms with Gasteiger partial charge in [0.2, 0.25) is 6.29 Å². The van der Waals surface area contributed by atoms with Gasteiger partial charge in [0.1, 0.15) is 5.75 Å². The van der Waals surface area contributed by atoms with Gasteiger partial charge in [-0.15, -0.1) is 0 Å². The van der Waals surface area contributed by atoms with E-state index < -0.39 is 12.3 Å². The number of ether oxygens (including phenoxy) is 3. The molecule has 0 spiro atoms. The summed E-state index contributed by atoms with van der Waals surface area (Å²) in [5, 5.41) is 9.18. The summed E-state index contributed by atoms with van der Waals surface area (Å²) in [6.07, 6.45) is 5.78. The normalized spacial score (nSPS) is 17.1. The first-order valence-electron chi connectivity index (χ1n) is 7.88. The molecule has 0 radical (unpaired) electrons. The summed E-state index contributed by atoms with van der Waals surface area (Å²) in [4.78, 5) is 11.8. The van der Waals surface area contributed by atoms with Crippen molar-refractivity contribution in [2.24, 2.45) is 0 Å². The van der Waals surface area contributed by atoms with Gasteiger partial charge in [0.05, 0.1) is 24.9 Å². The number of carbonyl (C=O) groups excluding carboxylic acids is 1. The lowest BCUT2D eigenvalue weighted by molar-refractivity contribution is -0.116. The number of phenolic OH excluding ortho intramolecular Hbond substituents is 1. The monoisotopic (exact) mass is 308 g/mol. The van der Waals surface area contributed by atoms with E-state index in [1.165, 1.54) is 43.5 Å². The molecule has 0 saturated heterocycles. The van der Waals surface area contributed by atoms with Gasteiger partial charge in [-0.2, -0.15) is 0 Å². The highest BCUT2D eigenvalue weighted by Gasteiger charge is 2.15. The second-order valence-corrected chi connectivity index (χ2v) is 5.52. The van der Waals surface area contributed by atoms with E-state index in [-0.39, 0.29) is 5.75 Å². The average molecular weight is 308 g/mol. The fraction of sp³-hybridized carbons (Fsp3) is 0.588. The summed E-state index contributed by atoms with van der Waals surface area (Å²) >= 11 is 0. The maximum Gasteiger partial charge on any atom is 0.340 e. The highest BCUT2D eigenvalue weighted by atomic mass is 16.7. The van der Waals surface area contributed by atoms with Crippen molar-refractivity contribution in [1.29, 1.82) is 0 Å². The minimum Gasteiger partial charge on any atom is -0.508 e. The fourth-order valence-corrected chi connectivity index (χ4v) is 2.51. The third kappa shape index (κ3) is 5.66. The van der Waals surface area contributed by atoms with E-state index in [9.17, 15) is 9.90 Å². The van der Waals surface area contributed by atoms with E-state index in [0.717, 1.165) is 12.8 Å². The standard InChI is InChI=1S/C17H24O5/c1-13(20-11-12-21-16-5-3-2-4-6-16)22-17(19)14-7-9-15(18)10-8-14/h7-10,13,16,18H,2-6,11-12H2,1H3. The summed E-state index contributed by atoms with van der Waals surface area (Å²) < 4.78 is 16.3. The minimum absolute atomic E-state index is 0.112. The molecule has 0 aliphatic heterocycles. The Morgan fingerprint density at radius 2 is 1.86 bits per heavy atom. The van der Waals surface area contributed by atoms with Gasteiger partial charge < -0.3 is 19.3 Å². The van der Waals surface area contributed by atoms with Crippen LogP contribution in [0.3, 0.4) is 0 Å². The Morgan fingerprint density at radius 1 is 1.18 bits per heavy atom. The second kappa shape index (κ2) is 8.76. The number of benzene rings is 1. The largest absolute Gasteiger partial charge is 0.508 e. The summed E-state index contributed by atoms with van der Waals surface area (Å²) in [5.41, 5.74) is 0.381. The van der Waals surface area contributed by atoms with Crippen LogP contribution in [-0.4, -0.2) is 36.7 Å². The predicted molar refractivity (Wildman–Crippen MR) is 81.8 cm³/mol. The number of esters is 1. The van der Waals surface area contributed by atoms with Gasteiger partial charge in [0.15, 0.2) is 0 Å². The molecule has 122 valence electrons. The van der Waals surface area contributed by atoms with Crippen molar-refractivity contribution < 1.29 is 24.1 Å². The van der Waals surface area contributed by atoms with E-state index >= 15 is 0 Å². The fourth-order valence-electron chi connectivity index (χ4n) is 2.51. The molecule has 0 aromatic heterocycles. The summed E-state index contributed by atoms with van der Waals surface area (Å²) in [7, 11) is 0. The predicted octanol–water partition coefficient (Wildman–Crippen LogP) is 3.26. The number of rotatable bonds is 7. The lowest BCUT2D eigenvalue weighted by Crippen LogP contribution is -2.23. The van der Waals surface area contributed by atoms with Crippen LogP contribution in [0, 0.1) is 0 Å². The molecule has 5 nitrogen and oxygen atoms in total. The number of phenols is 1. The first-order valence-corrected chi connectivity index (χ1v) is 7.88. The molecule has 22 heavy (non-hydrogen) atoms. The van der Waals surface area contributed by atoms with Gasteiger partial charge in [0, 0.05) is 0 Å². The van der Waals surface area contributed by atoms with Crippen molar-refractivity contribution in [1.82, 2.24) is 0 Å². The van der Waals surface area contributed by atoms with E-state index in [1.54, 1.807) is 6.92 Å². The molecule has 1 aromatic rings. The van der Waals surface area contributed by atoms with Gasteiger partial charge in [-0.05, 0) is 44.0 Å². The topological polar surface area (TPSA) is 65.0 Å². The summed E-state index contributed by atoms with van der Waals surface area (Å²) in [6, 6.07) is 5.91. The number of hydrogen-bond donors (Lipinski definition) is 1. The van der Waals surface area contributed by atoms with Crippen LogP contribution in [0.15, 0.2) is 24.3 Å². The molecule has 1 aliphatic rings. The maximum absolute atomic E-state index is 11.8. The molecule has 1 aromatic carbocycles. The lowest BCUT2D eigenvalue weighted by atomic mass is 9.98. The van der Waals surface area contributed by atoms with Gasteiger partial charge >= 0.3 is 5.97 Å². The molecule has 1 unspecified atom stereocenters. The second-order valence-electron chi connectivity index (χ2n) is 5.52.